The maximum absolute atomic E-state index is 13.7. The fourth-order valence-corrected chi connectivity index (χ4v) is 3.94. The van der Waals surface area contributed by atoms with E-state index in [4.69, 9.17) is 16.3 Å². The molecule has 0 bridgehead atoms. The lowest BCUT2D eigenvalue weighted by atomic mass is 9.97. The molecule has 4 nitrogen and oxygen atoms in total. The van der Waals surface area contributed by atoms with Crippen LogP contribution in [-0.4, -0.2) is 16.9 Å². The highest BCUT2D eigenvalue weighted by molar-refractivity contribution is 6.31. The van der Waals surface area contributed by atoms with E-state index in [0.29, 0.717) is 33.2 Å². The second kappa shape index (κ2) is 9.84. The number of methoxy groups -OCH3 is 1. The molecule has 0 amide bonds. The Morgan fingerprint density at radius 2 is 1.79 bits per heavy atom. The highest BCUT2D eigenvalue weighted by atomic mass is 35.5. The van der Waals surface area contributed by atoms with Crippen LogP contribution in [0.1, 0.15) is 22.4 Å². The van der Waals surface area contributed by atoms with Crippen LogP contribution >= 0.6 is 11.6 Å². The van der Waals surface area contributed by atoms with Crippen molar-refractivity contribution in [2.24, 2.45) is 0 Å². The fourth-order valence-electron chi connectivity index (χ4n) is 3.75. The lowest BCUT2D eigenvalue weighted by molar-refractivity contribution is 0.416. The zero-order valence-corrected chi connectivity index (χ0v) is 19.0. The van der Waals surface area contributed by atoms with Crippen molar-refractivity contribution < 1.29 is 9.13 Å². The molecular formula is C27H22ClFN2O2. The van der Waals surface area contributed by atoms with E-state index >= 15 is 0 Å². The molecule has 0 spiro atoms. The van der Waals surface area contributed by atoms with Crippen LogP contribution in [0.2, 0.25) is 5.02 Å². The first-order valence-electron chi connectivity index (χ1n) is 10.4. The number of ether oxygens (including phenoxy) is 1. The number of aromatic nitrogens is 2. The summed E-state index contributed by atoms with van der Waals surface area (Å²) in [6.07, 6.45) is 3.43. The number of benzene rings is 3. The van der Waals surface area contributed by atoms with Crippen LogP contribution in [0.15, 0.2) is 77.6 Å². The van der Waals surface area contributed by atoms with E-state index in [2.05, 4.69) is 5.10 Å². The van der Waals surface area contributed by atoms with Gasteiger partial charge in [0.25, 0.3) is 5.56 Å². The molecule has 4 rings (SSSR count). The predicted octanol–water partition coefficient (Wildman–Crippen LogP) is 6.24. The van der Waals surface area contributed by atoms with E-state index in [-0.39, 0.29) is 17.9 Å². The van der Waals surface area contributed by atoms with Crippen LogP contribution < -0.4 is 10.3 Å². The topological polar surface area (TPSA) is 44.1 Å². The van der Waals surface area contributed by atoms with Gasteiger partial charge < -0.3 is 4.74 Å². The van der Waals surface area contributed by atoms with E-state index in [1.807, 2.05) is 49.4 Å². The van der Waals surface area contributed by atoms with Gasteiger partial charge in [0.1, 0.15) is 11.6 Å². The van der Waals surface area contributed by atoms with E-state index in [1.165, 1.54) is 16.8 Å². The van der Waals surface area contributed by atoms with Crippen LogP contribution in [0.3, 0.4) is 0 Å². The van der Waals surface area contributed by atoms with Gasteiger partial charge in [-0.3, -0.25) is 4.79 Å². The van der Waals surface area contributed by atoms with E-state index in [9.17, 15) is 9.18 Å². The van der Waals surface area contributed by atoms with Crippen molar-refractivity contribution in [3.05, 3.63) is 116 Å². The van der Waals surface area contributed by atoms with Crippen LogP contribution in [-0.2, 0) is 6.54 Å². The molecule has 1 aromatic heterocycles. The minimum Gasteiger partial charge on any atom is -0.496 e. The van der Waals surface area contributed by atoms with Gasteiger partial charge in [-0.15, -0.1) is 0 Å². The van der Waals surface area contributed by atoms with E-state index in [1.54, 1.807) is 37.5 Å². The first-order chi connectivity index (χ1) is 16.0. The zero-order valence-electron chi connectivity index (χ0n) is 18.3. The highest BCUT2D eigenvalue weighted by Gasteiger charge is 2.18. The summed E-state index contributed by atoms with van der Waals surface area (Å²) in [4.78, 5) is 13.6. The number of aryl methyl sites for hydroxylation is 1. The Morgan fingerprint density at radius 1 is 1.03 bits per heavy atom. The Bertz CT molecular complexity index is 1400. The summed E-state index contributed by atoms with van der Waals surface area (Å²) in [6, 6.07) is 21.0. The molecular weight excluding hydrogens is 439 g/mol. The van der Waals surface area contributed by atoms with E-state index < -0.39 is 0 Å². The second-order valence-corrected chi connectivity index (χ2v) is 7.92. The summed E-state index contributed by atoms with van der Waals surface area (Å²) < 4.78 is 20.6. The maximum Gasteiger partial charge on any atom is 0.274 e. The molecule has 33 heavy (non-hydrogen) atoms. The van der Waals surface area contributed by atoms with Crippen LogP contribution in [0.4, 0.5) is 4.39 Å². The van der Waals surface area contributed by atoms with Crippen LogP contribution in [0.5, 0.6) is 5.75 Å². The number of para-hydroxylation sites is 1. The highest BCUT2D eigenvalue weighted by Crippen LogP contribution is 2.33. The molecule has 0 fully saturated rings. The Morgan fingerprint density at radius 3 is 2.55 bits per heavy atom. The Balaban J connectivity index is 1.92. The van der Waals surface area contributed by atoms with Crippen molar-refractivity contribution in [2.75, 3.05) is 7.11 Å². The predicted molar refractivity (Wildman–Crippen MR) is 131 cm³/mol. The minimum atomic E-state index is -0.343. The average molecular weight is 461 g/mol. The van der Waals surface area contributed by atoms with Gasteiger partial charge >= 0.3 is 0 Å². The zero-order chi connectivity index (χ0) is 23.4. The summed E-state index contributed by atoms with van der Waals surface area (Å²) in [5.41, 5.74) is 3.67. The van der Waals surface area contributed by atoms with Crippen molar-refractivity contribution in [3.8, 4) is 16.9 Å². The maximum atomic E-state index is 13.7. The summed E-state index contributed by atoms with van der Waals surface area (Å²) in [7, 11) is 1.59. The molecule has 0 aliphatic rings. The summed E-state index contributed by atoms with van der Waals surface area (Å²) in [5.74, 6) is 0.287. The largest absolute Gasteiger partial charge is 0.496 e. The number of rotatable bonds is 6. The fraction of sp³-hybridized carbons (Fsp3) is 0.111. The Hall–Kier alpha value is -3.70. The van der Waals surface area contributed by atoms with Crippen LogP contribution in [0, 0.1) is 12.7 Å². The third-order valence-electron chi connectivity index (χ3n) is 5.31. The second-order valence-electron chi connectivity index (χ2n) is 7.52. The molecule has 1 heterocycles. The molecule has 0 radical (unpaired) electrons. The lowest BCUT2D eigenvalue weighted by Gasteiger charge is -2.16. The smallest absolute Gasteiger partial charge is 0.274 e. The Kier molecular flexibility index (Phi) is 6.71. The monoisotopic (exact) mass is 460 g/mol. The first-order valence-corrected chi connectivity index (χ1v) is 10.8. The lowest BCUT2D eigenvalue weighted by Crippen LogP contribution is -2.27. The van der Waals surface area contributed by atoms with Crippen molar-refractivity contribution in [1.82, 2.24) is 9.78 Å². The molecule has 166 valence electrons. The molecule has 0 saturated heterocycles. The normalized spacial score (nSPS) is 11.2. The van der Waals surface area contributed by atoms with Gasteiger partial charge in [0, 0.05) is 16.1 Å². The quantitative estimate of drug-likeness (QED) is 0.342. The molecule has 6 heteroatoms. The standard InChI is InChI=1S/C27H22ClFN2O2/c1-18-26(22-11-4-6-13-25(22)33-2)23(15-14-19-8-7-10-21(29)16-19)27(32)31(30-18)17-20-9-3-5-12-24(20)28/h3-16H,17H2,1-2H3. The van der Waals surface area contributed by atoms with Gasteiger partial charge in [0.05, 0.1) is 24.9 Å². The molecule has 0 unspecified atom stereocenters. The number of hydrogen-bond donors (Lipinski definition) is 0. The minimum absolute atomic E-state index is 0.229. The summed E-state index contributed by atoms with van der Waals surface area (Å²) >= 11 is 6.32. The number of hydrogen-bond acceptors (Lipinski definition) is 3. The third kappa shape index (κ3) is 4.89. The molecule has 0 atom stereocenters. The molecule has 0 N–H and O–H groups in total. The van der Waals surface area contributed by atoms with Gasteiger partial charge in [-0.25, -0.2) is 9.07 Å². The average Bonchev–Trinajstić information content (AvgIpc) is 2.81. The van der Waals surface area contributed by atoms with Crippen LogP contribution in [0.25, 0.3) is 23.3 Å². The third-order valence-corrected chi connectivity index (χ3v) is 5.68. The van der Waals surface area contributed by atoms with Gasteiger partial charge in [0.15, 0.2) is 0 Å². The summed E-state index contributed by atoms with van der Waals surface area (Å²) in [5, 5.41) is 5.15. The van der Waals surface area contributed by atoms with Gasteiger partial charge in [-0.1, -0.05) is 66.2 Å². The molecule has 0 aliphatic carbocycles. The van der Waals surface area contributed by atoms with Gasteiger partial charge in [-0.2, -0.15) is 5.10 Å². The molecule has 3 aromatic carbocycles. The summed E-state index contributed by atoms with van der Waals surface area (Å²) in [6.45, 7) is 2.08. The molecule has 4 aromatic rings. The first kappa shape index (κ1) is 22.5. The van der Waals surface area contributed by atoms with Crippen molar-refractivity contribution in [1.29, 1.82) is 0 Å². The molecule has 0 aliphatic heterocycles. The molecule has 0 saturated carbocycles. The van der Waals surface area contributed by atoms with Crippen molar-refractivity contribution in [2.45, 2.75) is 13.5 Å². The van der Waals surface area contributed by atoms with Crippen molar-refractivity contribution >= 4 is 23.8 Å². The number of halogens is 2. The number of nitrogens with zero attached hydrogens (tertiary/aromatic N) is 2. The van der Waals surface area contributed by atoms with Crippen molar-refractivity contribution in [3.63, 3.8) is 0 Å². The van der Waals surface area contributed by atoms with Gasteiger partial charge in [0.2, 0.25) is 0 Å². The Labute approximate surface area is 196 Å². The SMILES string of the molecule is COc1ccccc1-c1c(C)nn(Cc2ccccc2Cl)c(=O)c1C=Cc1cccc(F)c1. The van der Waals surface area contributed by atoms with Gasteiger partial charge in [-0.05, 0) is 48.4 Å². The van der Waals surface area contributed by atoms with E-state index in [0.717, 1.165) is 11.1 Å².